The fourth-order valence-corrected chi connectivity index (χ4v) is 1.35. The average Bonchev–Trinajstić information content (AvgIpc) is 2.74. The highest BCUT2D eigenvalue weighted by Crippen LogP contribution is 2.07. The summed E-state index contributed by atoms with van der Waals surface area (Å²) in [5.41, 5.74) is 0. The van der Waals surface area contributed by atoms with Crippen LogP contribution in [0.25, 0.3) is 0 Å². The van der Waals surface area contributed by atoms with E-state index in [0.717, 1.165) is 6.54 Å². The monoisotopic (exact) mass is 168 g/mol. The lowest BCUT2D eigenvalue weighted by Crippen LogP contribution is -2.28. The second-order valence-electron chi connectivity index (χ2n) is 2.91. The van der Waals surface area contributed by atoms with E-state index >= 15 is 0 Å². The first-order valence-electron chi connectivity index (χ1n) is 4.17. The molecule has 0 saturated carbocycles. The summed E-state index contributed by atoms with van der Waals surface area (Å²) < 4.78 is 5.36. The molecule has 0 aromatic carbocycles. The number of hydrogen-bond donors (Lipinski definition) is 2. The van der Waals surface area contributed by atoms with Crippen LogP contribution in [0.4, 0.5) is 0 Å². The molecule has 1 unspecified atom stereocenters. The predicted molar refractivity (Wildman–Crippen MR) is 42.9 cm³/mol. The third-order valence-corrected chi connectivity index (χ3v) is 1.99. The molecule has 1 aliphatic heterocycles. The van der Waals surface area contributed by atoms with Gasteiger partial charge < -0.3 is 10.1 Å². The highest BCUT2D eigenvalue weighted by molar-refractivity contribution is 4.97. The van der Waals surface area contributed by atoms with Gasteiger partial charge in [-0.05, 0) is 19.4 Å². The lowest BCUT2D eigenvalue weighted by atomic mass is 10.2. The molecule has 1 atom stereocenters. The van der Waals surface area contributed by atoms with Crippen LogP contribution >= 0.6 is 0 Å². The molecule has 12 heavy (non-hydrogen) atoms. The minimum Gasteiger partial charge on any atom is -0.474 e. The van der Waals surface area contributed by atoms with Crippen molar-refractivity contribution >= 4 is 0 Å². The Bertz CT molecular complexity index is 217. The molecule has 1 aliphatic rings. The molecule has 1 fully saturated rings. The standard InChI is InChI=1S/C7H12N4O/c1-2-6(8-3-1)5-12-7-4-9-11-10-7/h4,6,8H,1-3,5H2,(H,9,10,11). The first-order valence-corrected chi connectivity index (χ1v) is 4.17. The van der Waals surface area contributed by atoms with E-state index in [1.165, 1.54) is 12.8 Å². The second kappa shape index (κ2) is 3.53. The fourth-order valence-electron chi connectivity index (χ4n) is 1.35. The van der Waals surface area contributed by atoms with Crippen molar-refractivity contribution in [2.45, 2.75) is 18.9 Å². The molecule has 2 rings (SSSR count). The number of nitrogens with zero attached hydrogens (tertiary/aromatic N) is 2. The Morgan fingerprint density at radius 2 is 2.67 bits per heavy atom. The molecule has 2 N–H and O–H groups in total. The normalized spacial score (nSPS) is 22.8. The van der Waals surface area contributed by atoms with Gasteiger partial charge in [0, 0.05) is 6.04 Å². The zero-order valence-corrected chi connectivity index (χ0v) is 6.79. The van der Waals surface area contributed by atoms with Crippen molar-refractivity contribution in [1.82, 2.24) is 20.7 Å². The van der Waals surface area contributed by atoms with E-state index in [1.807, 2.05) is 0 Å². The number of aromatic amines is 1. The Morgan fingerprint density at radius 3 is 3.33 bits per heavy atom. The van der Waals surface area contributed by atoms with E-state index in [0.29, 0.717) is 18.5 Å². The van der Waals surface area contributed by atoms with Crippen molar-refractivity contribution in [2.24, 2.45) is 0 Å². The smallest absolute Gasteiger partial charge is 0.253 e. The molecular weight excluding hydrogens is 156 g/mol. The molecule has 5 heteroatoms. The lowest BCUT2D eigenvalue weighted by molar-refractivity contribution is 0.267. The molecular formula is C7H12N4O. The van der Waals surface area contributed by atoms with Crippen LogP contribution in [0.1, 0.15) is 12.8 Å². The van der Waals surface area contributed by atoms with E-state index in [2.05, 4.69) is 20.7 Å². The molecule has 1 aromatic rings. The Hall–Kier alpha value is -1.10. The first-order chi connectivity index (χ1) is 5.95. The van der Waals surface area contributed by atoms with Gasteiger partial charge in [0.2, 0.25) is 0 Å². The van der Waals surface area contributed by atoms with Crippen molar-refractivity contribution in [3.05, 3.63) is 6.20 Å². The zero-order chi connectivity index (χ0) is 8.23. The number of aromatic nitrogens is 3. The van der Waals surface area contributed by atoms with Gasteiger partial charge in [-0.15, -0.1) is 5.10 Å². The van der Waals surface area contributed by atoms with Crippen molar-refractivity contribution < 1.29 is 4.74 Å². The maximum absolute atomic E-state index is 5.36. The summed E-state index contributed by atoms with van der Waals surface area (Å²) in [7, 11) is 0. The van der Waals surface area contributed by atoms with Crippen molar-refractivity contribution in [2.75, 3.05) is 13.2 Å². The summed E-state index contributed by atoms with van der Waals surface area (Å²) in [6.45, 7) is 1.79. The quantitative estimate of drug-likeness (QED) is 0.663. The molecule has 0 amide bonds. The summed E-state index contributed by atoms with van der Waals surface area (Å²) in [4.78, 5) is 0. The lowest BCUT2D eigenvalue weighted by Gasteiger charge is -2.08. The van der Waals surface area contributed by atoms with Crippen molar-refractivity contribution in [1.29, 1.82) is 0 Å². The van der Waals surface area contributed by atoms with Crippen LogP contribution in [0.5, 0.6) is 5.88 Å². The van der Waals surface area contributed by atoms with Gasteiger partial charge in [-0.1, -0.05) is 0 Å². The van der Waals surface area contributed by atoms with Gasteiger partial charge in [0.15, 0.2) is 0 Å². The number of rotatable bonds is 3. The van der Waals surface area contributed by atoms with Gasteiger partial charge in [0.05, 0.1) is 0 Å². The van der Waals surface area contributed by atoms with Gasteiger partial charge >= 0.3 is 0 Å². The summed E-state index contributed by atoms with van der Waals surface area (Å²) in [5, 5.41) is 13.3. The molecule has 66 valence electrons. The van der Waals surface area contributed by atoms with E-state index in [-0.39, 0.29) is 0 Å². The molecule has 5 nitrogen and oxygen atoms in total. The molecule has 0 bridgehead atoms. The van der Waals surface area contributed by atoms with Gasteiger partial charge in [0.25, 0.3) is 5.88 Å². The van der Waals surface area contributed by atoms with E-state index < -0.39 is 0 Å². The van der Waals surface area contributed by atoms with Crippen LogP contribution in [-0.2, 0) is 0 Å². The fraction of sp³-hybridized carbons (Fsp3) is 0.714. The highest BCUT2D eigenvalue weighted by Gasteiger charge is 2.14. The van der Waals surface area contributed by atoms with Crippen LogP contribution < -0.4 is 10.1 Å². The van der Waals surface area contributed by atoms with E-state index in [9.17, 15) is 0 Å². The number of ether oxygens (including phenoxy) is 1. The van der Waals surface area contributed by atoms with Crippen molar-refractivity contribution in [3.63, 3.8) is 0 Å². The average molecular weight is 168 g/mol. The van der Waals surface area contributed by atoms with Gasteiger partial charge in [-0.2, -0.15) is 10.3 Å². The Labute approximate surface area is 70.5 Å². The van der Waals surface area contributed by atoms with Gasteiger partial charge in [0.1, 0.15) is 12.8 Å². The Morgan fingerprint density at radius 1 is 1.67 bits per heavy atom. The zero-order valence-electron chi connectivity index (χ0n) is 6.79. The van der Waals surface area contributed by atoms with Gasteiger partial charge in [-0.3, -0.25) is 0 Å². The first kappa shape index (κ1) is 7.54. The number of H-pyrrole nitrogens is 1. The maximum Gasteiger partial charge on any atom is 0.253 e. The van der Waals surface area contributed by atoms with E-state index in [4.69, 9.17) is 4.74 Å². The minimum atomic E-state index is 0.488. The summed E-state index contributed by atoms with van der Waals surface area (Å²) in [6, 6.07) is 0.488. The number of nitrogens with one attached hydrogen (secondary N) is 2. The Balaban J connectivity index is 1.74. The molecule has 1 saturated heterocycles. The SMILES string of the molecule is c1n[nH]nc1OCC1CCCN1. The Kier molecular flexibility index (Phi) is 2.22. The molecule has 0 radical (unpaired) electrons. The second-order valence-corrected chi connectivity index (χ2v) is 2.91. The van der Waals surface area contributed by atoms with Crippen LogP contribution in [0.3, 0.4) is 0 Å². The molecule has 0 aliphatic carbocycles. The summed E-state index contributed by atoms with van der Waals surface area (Å²) in [5.74, 6) is 0.573. The third-order valence-electron chi connectivity index (χ3n) is 1.99. The van der Waals surface area contributed by atoms with Crippen LogP contribution in [-0.4, -0.2) is 34.6 Å². The van der Waals surface area contributed by atoms with Gasteiger partial charge in [-0.25, -0.2) is 0 Å². The highest BCUT2D eigenvalue weighted by atomic mass is 16.5. The van der Waals surface area contributed by atoms with Crippen LogP contribution in [0, 0.1) is 0 Å². The third kappa shape index (κ3) is 1.73. The van der Waals surface area contributed by atoms with Crippen molar-refractivity contribution in [3.8, 4) is 5.88 Å². The minimum absolute atomic E-state index is 0.488. The predicted octanol–water partition coefficient (Wildman–Crippen LogP) is -0.0645. The summed E-state index contributed by atoms with van der Waals surface area (Å²) in [6.07, 6.45) is 4.01. The molecule has 2 heterocycles. The molecule has 1 aromatic heterocycles. The topological polar surface area (TPSA) is 62.8 Å². The number of hydrogen-bond acceptors (Lipinski definition) is 4. The maximum atomic E-state index is 5.36. The molecule has 0 spiro atoms. The largest absolute Gasteiger partial charge is 0.474 e. The van der Waals surface area contributed by atoms with Crippen LogP contribution in [0.2, 0.25) is 0 Å². The summed E-state index contributed by atoms with van der Waals surface area (Å²) >= 11 is 0. The van der Waals surface area contributed by atoms with Crippen LogP contribution in [0.15, 0.2) is 6.20 Å². The van der Waals surface area contributed by atoms with E-state index in [1.54, 1.807) is 6.20 Å².